The Hall–Kier alpha value is -1.83. The van der Waals surface area contributed by atoms with Crippen molar-refractivity contribution in [2.24, 2.45) is 4.99 Å². The molecule has 1 aliphatic rings. The van der Waals surface area contributed by atoms with Crippen molar-refractivity contribution in [1.82, 2.24) is 15.4 Å². The van der Waals surface area contributed by atoms with E-state index in [9.17, 15) is 0 Å². The summed E-state index contributed by atoms with van der Waals surface area (Å²) in [5.74, 6) is 0.923. The lowest BCUT2D eigenvalue weighted by Gasteiger charge is -2.31. The van der Waals surface area contributed by atoms with Crippen LogP contribution in [0.5, 0.6) is 0 Å². The van der Waals surface area contributed by atoms with Gasteiger partial charge < -0.3 is 14.7 Å². The summed E-state index contributed by atoms with van der Waals surface area (Å²) in [5, 5.41) is 7.25. The van der Waals surface area contributed by atoms with Gasteiger partial charge in [0.05, 0.1) is 6.54 Å². The van der Waals surface area contributed by atoms with E-state index in [1.807, 2.05) is 13.1 Å². The molecule has 6 heteroatoms. The van der Waals surface area contributed by atoms with E-state index in [4.69, 9.17) is 4.52 Å². The Balaban J connectivity index is 0.00000208. The molecule has 0 atom stereocenters. The van der Waals surface area contributed by atoms with Crippen LogP contribution in [0.25, 0.3) is 6.08 Å². The van der Waals surface area contributed by atoms with Crippen LogP contribution in [0.2, 0.25) is 0 Å². The second kappa shape index (κ2) is 9.46. The Morgan fingerprint density at radius 2 is 2.00 bits per heavy atom. The smallest absolute Gasteiger partial charge is 0.193 e. The maximum Gasteiger partial charge on any atom is 0.193 e. The monoisotopic (exact) mass is 438 g/mol. The molecule has 0 bridgehead atoms. The number of nitrogens with one attached hydrogen (secondary N) is 1. The molecule has 2 aromatic rings. The molecule has 1 saturated heterocycles. The Morgan fingerprint density at radius 3 is 2.62 bits per heavy atom. The van der Waals surface area contributed by atoms with Gasteiger partial charge in [-0.25, -0.2) is 0 Å². The highest BCUT2D eigenvalue weighted by Crippen LogP contribution is 2.19. The average Bonchev–Trinajstić information content (AvgIpc) is 3.11. The Morgan fingerprint density at radius 1 is 1.25 bits per heavy atom. The van der Waals surface area contributed by atoms with E-state index in [0.29, 0.717) is 6.54 Å². The average molecular weight is 438 g/mol. The second-order valence-electron chi connectivity index (χ2n) is 5.59. The predicted octanol–water partition coefficient (Wildman–Crippen LogP) is 3.55. The van der Waals surface area contributed by atoms with Crippen LogP contribution >= 0.6 is 24.0 Å². The zero-order valence-corrected chi connectivity index (χ0v) is 16.1. The zero-order valence-electron chi connectivity index (χ0n) is 13.8. The number of rotatable bonds is 3. The van der Waals surface area contributed by atoms with Crippen molar-refractivity contribution in [2.75, 3.05) is 20.1 Å². The molecule has 0 saturated carbocycles. The fourth-order valence-electron chi connectivity index (χ4n) is 2.77. The molecule has 1 aromatic carbocycles. The van der Waals surface area contributed by atoms with Gasteiger partial charge in [-0.05, 0) is 18.4 Å². The van der Waals surface area contributed by atoms with Crippen molar-refractivity contribution in [3.8, 4) is 0 Å². The number of aliphatic imine (C=N–C) groups is 1. The Labute approximate surface area is 159 Å². The van der Waals surface area contributed by atoms with Crippen molar-refractivity contribution in [3.05, 3.63) is 59.5 Å². The zero-order chi connectivity index (χ0) is 15.9. The van der Waals surface area contributed by atoms with Crippen LogP contribution in [0.4, 0.5) is 0 Å². The minimum atomic E-state index is 0. The fourth-order valence-corrected chi connectivity index (χ4v) is 2.77. The molecule has 1 fully saturated rings. The van der Waals surface area contributed by atoms with Gasteiger partial charge in [-0.1, -0.05) is 47.1 Å². The maximum atomic E-state index is 4.85. The van der Waals surface area contributed by atoms with Gasteiger partial charge in [-0.15, -0.1) is 24.0 Å². The van der Waals surface area contributed by atoms with Crippen LogP contribution in [-0.2, 0) is 6.54 Å². The van der Waals surface area contributed by atoms with Gasteiger partial charge in [-0.2, -0.15) is 0 Å². The lowest BCUT2D eigenvalue weighted by atomic mass is 10.0. The first-order valence-corrected chi connectivity index (χ1v) is 7.94. The van der Waals surface area contributed by atoms with Crippen molar-refractivity contribution < 1.29 is 4.52 Å². The van der Waals surface area contributed by atoms with E-state index in [0.717, 1.165) is 37.6 Å². The van der Waals surface area contributed by atoms with Crippen LogP contribution in [0, 0.1) is 0 Å². The number of hydrogen-bond donors (Lipinski definition) is 1. The van der Waals surface area contributed by atoms with Crippen molar-refractivity contribution in [2.45, 2.75) is 19.4 Å². The number of hydrogen-bond acceptors (Lipinski definition) is 3. The van der Waals surface area contributed by atoms with Crippen molar-refractivity contribution in [3.63, 3.8) is 0 Å². The quantitative estimate of drug-likeness (QED) is 0.453. The summed E-state index contributed by atoms with van der Waals surface area (Å²) in [4.78, 5) is 6.67. The topological polar surface area (TPSA) is 53.7 Å². The molecule has 1 aromatic heterocycles. The van der Waals surface area contributed by atoms with E-state index >= 15 is 0 Å². The van der Waals surface area contributed by atoms with Gasteiger partial charge >= 0.3 is 0 Å². The van der Waals surface area contributed by atoms with Crippen LogP contribution in [0.15, 0.2) is 57.7 Å². The minimum absolute atomic E-state index is 0. The summed E-state index contributed by atoms with van der Waals surface area (Å²) in [7, 11) is 1.82. The minimum Gasteiger partial charge on any atom is -0.364 e. The molecule has 128 valence electrons. The third kappa shape index (κ3) is 5.09. The molecule has 2 heterocycles. The van der Waals surface area contributed by atoms with Crippen LogP contribution < -0.4 is 5.32 Å². The normalized spacial score (nSPS) is 15.0. The first-order chi connectivity index (χ1) is 11.3. The molecule has 5 nitrogen and oxygen atoms in total. The molecule has 0 radical (unpaired) electrons. The molecule has 1 N–H and O–H groups in total. The summed E-state index contributed by atoms with van der Waals surface area (Å²) >= 11 is 0. The number of nitrogens with zero attached hydrogens (tertiary/aromatic N) is 3. The van der Waals surface area contributed by atoms with Crippen LogP contribution in [0.3, 0.4) is 0 Å². The summed E-state index contributed by atoms with van der Waals surface area (Å²) in [6.07, 6.45) is 6.03. The number of benzene rings is 1. The second-order valence-corrected chi connectivity index (χ2v) is 5.59. The van der Waals surface area contributed by atoms with Crippen molar-refractivity contribution >= 4 is 36.0 Å². The van der Waals surface area contributed by atoms with Gasteiger partial charge in [0.15, 0.2) is 5.96 Å². The molecule has 0 aliphatic carbocycles. The molecule has 0 spiro atoms. The van der Waals surface area contributed by atoms with Gasteiger partial charge in [-0.3, -0.25) is 4.99 Å². The highest BCUT2D eigenvalue weighted by atomic mass is 127. The lowest BCUT2D eigenvalue weighted by Crippen LogP contribution is -2.44. The van der Waals surface area contributed by atoms with Gasteiger partial charge in [0, 0.05) is 26.2 Å². The van der Waals surface area contributed by atoms with E-state index in [2.05, 4.69) is 56.8 Å². The molecule has 24 heavy (non-hydrogen) atoms. The molecule has 1 aliphatic heterocycles. The Kier molecular flexibility index (Phi) is 7.30. The number of aromatic nitrogens is 1. The first-order valence-electron chi connectivity index (χ1n) is 7.94. The molecule has 3 rings (SSSR count). The van der Waals surface area contributed by atoms with E-state index in [1.165, 1.54) is 11.1 Å². The van der Waals surface area contributed by atoms with E-state index in [1.54, 1.807) is 6.26 Å². The molecular weight excluding hydrogens is 415 g/mol. The first kappa shape index (κ1) is 18.5. The SMILES string of the molecule is CN=C(NCc1ccon1)N1CCC(=Cc2ccccc2)CC1.I. The number of likely N-dealkylation sites (tertiary alicyclic amines) is 1. The van der Waals surface area contributed by atoms with Crippen LogP contribution in [-0.4, -0.2) is 36.2 Å². The third-order valence-electron chi connectivity index (χ3n) is 4.01. The third-order valence-corrected chi connectivity index (χ3v) is 4.01. The molecular formula is C18H23IN4O. The summed E-state index contributed by atoms with van der Waals surface area (Å²) in [6, 6.07) is 12.4. The summed E-state index contributed by atoms with van der Waals surface area (Å²) < 4.78 is 4.85. The summed E-state index contributed by atoms with van der Waals surface area (Å²) in [5.41, 5.74) is 3.66. The maximum absolute atomic E-state index is 4.85. The summed E-state index contributed by atoms with van der Waals surface area (Å²) in [6.45, 7) is 2.60. The molecule has 0 unspecified atom stereocenters. The van der Waals surface area contributed by atoms with E-state index < -0.39 is 0 Å². The standard InChI is InChI=1S/C18H22N4O.HI/c1-19-18(20-14-17-9-12-23-21-17)22-10-7-16(8-11-22)13-15-5-3-2-4-6-15;/h2-6,9,12-13H,7-8,10-11,14H2,1H3,(H,19,20);1H. The van der Waals surface area contributed by atoms with Crippen molar-refractivity contribution in [1.29, 1.82) is 0 Å². The van der Waals surface area contributed by atoms with Gasteiger partial charge in [0.2, 0.25) is 0 Å². The number of halogens is 1. The highest BCUT2D eigenvalue weighted by Gasteiger charge is 2.17. The van der Waals surface area contributed by atoms with Gasteiger partial charge in [0.25, 0.3) is 0 Å². The molecule has 0 amide bonds. The largest absolute Gasteiger partial charge is 0.364 e. The van der Waals surface area contributed by atoms with E-state index in [-0.39, 0.29) is 24.0 Å². The number of guanidine groups is 1. The fraction of sp³-hybridized carbons (Fsp3) is 0.333. The highest BCUT2D eigenvalue weighted by molar-refractivity contribution is 14.0. The lowest BCUT2D eigenvalue weighted by molar-refractivity contribution is 0.373. The predicted molar refractivity (Wildman–Crippen MR) is 107 cm³/mol. The number of piperidine rings is 1. The van der Waals surface area contributed by atoms with Crippen LogP contribution in [0.1, 0.15) is 24.1 Å². The van der Waals surface area contributed by atoms with Gasteiger partial charge in [0.1, 0.15) is 12.0 Å². The Bertz CT molecular complexity index is 658.